The van der Waals surface area contributed by atoms with Crippen LogP contribution in [-0.2, 0) is 19.4 Å². The van der Waals surface area contributed by atoms with Gasteiger partial charge in [0.25, 0.3) is 0 Å². The van der Waals surface area contributed by atoms with E-state index in [1.807, 2.05) is 0 Å². The van der Waals surface area contributed by atoms with Gasteiger partial charge >= 0.3 is 5.97 Å². The number of ether oxygens (including phenoxy) is 1. The molecule has 132 valence electrons. The van der Waals surface area contributed by atoms with Crippen molar-refractivity contribution < 1.29 is 26.7 Å². The van der Waals surface area contributed by atoms with Gasteiger partial charge in [-0.15, -0.1) is 0 Å². The molecule has 2 rings (SSSR count). The average Bonchev–Trinajstić information content (AvgIpc) is 2.60. The molecule has 0 aliphatic carbocycles. The Hall–Kier alpha value is -2.54. The average molecular weight is 366 g/mol. The lowest BCUT2D eigenvalue weighted by Crippen LogP contribution is -2.14. The second kappa shape index (κ2) is 8.02. The van der Waals surface area contributed by atoms with Gasteiger partial charge in [-0.1, -0.05) is 30.3 Å². The van der Waals surface area contributed by atoms with Gasteiger partial charge in [-0.2, -0.15) is 4.39 Å². The third-order valence-electron chi connectivity index (χ3n) is 3.37. The molecule has 0 aromatic heterocycles. The maximum Gasteiger partial charge on any atom is 0.366 e. The highest BCUT2D eigenvalue weighted by atomic mass is 32.2. The van der Waals surface area contributed by atoms with E-state index >= 15 is 0 Å². The highest BCUT2D eigenvalue weighted by Crippen LogP contribution is 2.31. The molecule has 0 amide bonds. The molecule has 0 aliphatic rings. The summed E-state index contributed by atoms with van der Waals surface area (Å²) in [5, 5.41) is -1.46. The van der Waals surface area contributed by atoms with Crippen molar-refractivity contribution in [2.24, 2.45) is 0 Å². The van der Waals surface area contributed by atoms with Crippen LogP contribution in [-0.4, -0.2) is 21.0 Å². The normalized spacial score (nSPS) is 13.3. The molecule has 0 saturated carbocycles. The second-order valence-electron chi connectivity index (χ2n) is 5.07. The Labute approximate surface area is 144 Å². The predicted octanol–water partition coefficient (Wildman–Crippen LogP) is 3.76. The van der Waals surface area contributed by atoms with E-state index in [1.54, 1.807) is 18.2 Å². The molecule has 0 N–H and O–H groups in total. The molecule has 25 heavy (non-hydrogen) atoms. The molecule has 2 aromatic rings. The number of benzene rings is 2. The van der Waals surface area contributed by atoms with E-state index in [2.05, 4.69) is 4.74 Å². The van der Waals surface area contributed by atoms with Crippen molar-refractivity contribution in [3.8, 4) is 0 Å². The second-order valence-corrected chi connectivity index (χ2v) is 7.13. The molecule has 0 spiro atoms. The number of halogens is 2. The smallest absolute Gasteiger partial charge is 0.366 e. The fourth-order valence-electron chi connectivity index (χ4n) is 2.18. The summed E-state index contributed by atoms with van der Waals surface area (Å²) in [6.07, 6.45) is 0.700. The summed E-state index contributed by atoms with van der Waals surface area (Å²) in [6.45, 7) is 1.47. The van der Waals surface area contributed by atoms with Crippen molar-refractivity contribution in [2.45, 2.75) is 17.1 Å². The summed E-state index contributed by atoms with van der Waals surface area (Å²) in [4.78, 5) is 11.3. The lowest BCUT2D eigenvalue weighted by atomic mass is 10.1. The maximum absolute atomic E-state index is 14.1. The zero-order valence-electron chi connectivity index (χ0n) is 13.4. The van der Waals surface area contributed by atoms with Crippen molar-refractivity contribution in [3.05, 3.63) is 77.9 Å². The Morgan fingerprint density at radius 1 is 1.12 bits per heavy atom. The maximum atomic E-state index is 14.1. The molecular weight excluding hydrogens is 350 g/mol. The van der Waals surface area contributed by atoms with Gasteiger partial charge in [0.15, 0.2) is 9.84 Å². The highest BCUT2D eigenvalue weighted by Gasteiger charge is 2.29. The fourth-order valence-corrected chi connectivity index (χ4v) is 3.80. The number of sulfone groups is 1. The van der Waals surface area contributed by atoms with Crippen molar-refractivity contribution >= 4 is 15.8 Å². The monoisotopic (exact) mass is 366 g/mol. The third-order valence-corrected chi connectivity index (χ3v) is 5.38. The Morgan fingerprint density at radius 2 is 1.72 bits per heavy atom. The molecule has 0 bridgehead atoms. The minimum absolute atomic E-state index is 0.0409. The molecule has 0 heterocycles. The molecule has 0 radical (unpaired) electrons. The summed E-state index contributed by atoms with van der Waals surface area (Å²) in [5.41, 5.74) is 0.270. The number of esters is 1. The summed E-state index contributed by atoms with van der Waals surface area (Å²) < 4.78 is 57.5. The number of hydrogen-bond donors (Lipinski definition) is 0. The first-order chi connectivity index (χ1) is 11.9. The minimum atomic E-state index is -4.11. The van der Waals surface area contributed by atoms with Crippen LogP contribution < -0.4 is 0 Å². The molecule has 2 aromatic carbocycles. The Balaban J connectivity index is 2.54. The quantitative estimate of drug-likeness (QED) is 0.444. The number of carbonyl (C=O) groups excluding carboxylic acids is 1. The Morgan fingerprint density at radius 3 is 2.28 bits per heavy atom. The van der Waals surface area contributed by atoms with E-state index in [-0.39, 0.29) is 17.1 Å². The minimum Gasteiger partial charge on any atom is -0.461 e. The Kier molecular flexibility index (Phi) is 6.03. The van der Waals surface area contributed by atoms with Crippen LogP contribution in [0.15, 0.2) is 71.4 Å². The molecule has 1 unspecified atom stereocenters. The van der Waals surface area contributed by atoms with Crippen LogP contribution in [0.1, 0.15) is 17.7 Å². The molecule has 7 heteroatoms. The highest BCUT2D eigenvalue weighted by molar-refractivity contribution is 7.91. The third kappa shape index (κ3) is 4.51. The van der Waals surface area contributed by atoms with Gasteiger partial charge in [0.05, 0.1) is 11.5 Å². The lowest BCUT2D eigenvalue weighted by Gasteiger charge is -2.15. The van der Waals surface area contributed by atoms with Gasteiger partial charge in [0, 0.05) is 0 Å². The first-order valence-corrected chi connectivity index (χ1v) is 8.99. The number of carbonyl (C=O) groups is 1. The van der Waals surface area contributed by atoms with Crippen LogP contribution in [0.2, 0.25) is 0 Å². The van der Waals surface area contributed by atoms with E-state index in [4.69, 9.17) is 0 Å². The molecule has 0 saturated heterocycles. The zero-order valence-corrected chi connectivity index (χ0v) is 14.2. The molecular formula is C18H16F2O4S. The van der Waals surface area contributed by atoms with Crippen LogP contribution >= 0.6 is 0 Å². The van der Waals surface area contributed by atoms with Crippen LogP contribution in [0.3, 0.4) is 0 Å². The van der Waals surface area contributed by atoms with E-state index in [0.717, 1.165) is 24.3 Å². The van der Waals surface area contributed by atoms with Gasteiger partial charge in [0.1, 0.15) is 11.1 Å². The first-order valence-electron chi connectivity index (χ1n) is 7.45. The van der Waals surface area contributed by atoms with E-state index in [9.17, 15) is 22.0 Å². The topological polar surface area (TPSA) is 60.4 Å². The van der Waals surface area contributed by atoms with Crippen molar-refractivity contribution in [1.29, 1.82) is 0 Å². The van der Waals surface area contributed by atoms with Crippen LogP contribution in [0.5, 0.6) is 0 Å². The number of rotatable bonds is 6. The van der Waals surface area contributed by atoms with Gasteiger partial charge in [-0.05, 0) is 42.8 Å². The van der Waals surface area contributed by atoms with Gasteiger partial charge in [-0.25, -0.2) is 17.6 Å². The molecule has 1 atom stereocenters. The molecule has 0 fully saturated rings. The molecule has 0 aliphatic heterocycles. The lowest BCUT2D eigenvalue weighted by molar-refractivity contribution is -0.140. The van der Waals surface area contributed by atoms with E-state index in [0.29, 0.717) is 6.08 Å². The van der Waals surface area contributed by atoms with Crippen molar-refractivity contribution in [2.75, 3.05) is 6.61 Å². The zero-order chi connectivity index (χ0) is 18.4. The van der Waals surface area contributed by atoms with Gasteiger partial charge in [0.2, 0.25) is 5.83 Å². The summed E-state index contributed by atoms with van der Waals surface area (Å²) in [7, 11) is -4.11. The largest absolute Gasteiger partial charge is 0.461 e. The SMILES string of the molecule is CCOC(=O)/C(F)=C/C(c1ccccc1)S(=O)(=O)c1ccc(F)cc1. The van der Waals surface area contributed by atoms with E-state index in [1.165, 1.54) is 19.1 Å². The van der Waals surface area contributed by atoms with Crippen LogP contribution in [0.25, 0.3) is 0 Å². The fraction of sp³-hybridized carbons (Fsp3) is 0.167. The van der Waals surface area contributed by atoms with Crippen LogP contribution in [0.4, 0.5) is 8.78 Å². The van der Waals surface area contributed by atoms with Crippen LogP contribution in [0, 0.1) is 5.82 Å². The van der Waals surface area contributed by atoms with Crippen molar-refractivity contribution in [1.82, 2.24) is 0 Å². The Bertz CT molecular complexity index is 860. The van der Waals surface area contributed by atoms with Gasteiger partial charge in [-0.3, -0.25) is 0 Å². The standard InChI is InChI=1S/C18H16F2O4S/c1-2-24-18(21)16(20)12-17(13-6-4-3-5-7-13)25(22,23)15-10-8-14(19)9-11-15/h3-12,17H,2H2,1H3/b16-12-. The first kappa shape index (κ1) is 18.8. The summed E-state index contributed by atoms with van der Waals surface area (Å²) in [5.74, 6) is -3.14. The van der Waals surface area contributed by atoms with Crippen molar-refractivity contribution in [3.63, 3.8) is 0 Å². The van der Waals surface area contributed by atoms with Gasteiger partial charge < -0.3 is 4.74 Å². The summed E-state index contributed by atoms with van der Waals surface area (Å²) >= 11 is 0. The predicted molar refractivity (Wildman–Crippen MR) is 88.6 cm³/mol. The summed E-state index contributed by atoms with van der Waals surface area (Å²) in [6, 6.07) is 12.1. The number of hydrogen-bond acceptors (Lipinski definition) is 4. The van der Waals surface area contributed by atoms with E-state index < -0.39 is 32.7 Å². The molecule has 4 nitrogen and oxygen atoms in total.